The number of halogens is 1. The number of rotatable bonds is 3. The molecule has 1 saturated heterocycles. The highest BCUT2D eigenvalue weighted by Gasteiger charge is 2.55. The summed E-state index contributed by atoms with van der Waals surface area (Å²) in [7, 11) is 0. The Kier molecular flexibility index (Phi) is 4.19. The number of hydrogen-bond donors (Lipinski definition) is 1. The minimum Gasteiger partial charge on any atom is -0.337 e. The number of urea groups is 1. The van der Waals surface area contributed by atoms with Crippen molar-refractivity contribution in [3.05, 3.63) is 35.2 Å². The van der Waals surface area contributed by atoms with Gasteiger partial charge in [0.05, 0.1) is 0 Å². The highest BCUT2D eigenvalue weighted by molar-refractivity contribution is 6.30. The maximum atomic E-state index is 13.0. The van der Waals surface area contributed by atoms with E-state index in [9.17, 15) is 9.59 Å². The van der Waals surface area contributed by atoms with Crippen LogP contribution in [0.4, 0.5) is 4.79 Å². The van der Waals surface area contributed by atoms with E-state index >= 15 is 0 Å². The summed E-state index contributed by atoms with van der Waals surface area (Å²) in [5, 5.41) is 7.41. The van der Waals surface area contributed by atoms with Crippen LogP contribution in [0.15, 0.2) is 28.8 Å². The van der Waals surface area contributed by atoms with Crippen LogP contribution in [0.1, 0.15) is 38.5 Å². The molecule has 1 aliphatic carbocycles. The van der Waals surface area contributed by atoms with Crippen molar-refractivity contribution in [2.75, 3.05) is 0 Å². The predicted molar refractivity (Wildman–Crippen MR) is 94.2 cm³/mol. The molecule has 0 bridgehead atoms. The summed E-state index contributed by atoms with van der Waals surface area (Å²) < 4.78 is 5.24. The maximum absolute atomic E-state index is 13.0. The normalized spacial score (nSPS) is 25.8. The molecule has 26 heavy (non-hydrogen) atoms. The first-order valence-corrected chi connectivity index (χ1v) is 9.10. The standard InChI is InChI=1S/C18H19ClN4O3/c1-11-5-2-3-8-18(11)16(24)23(17(25)21-18)10-14-20-15(22-26-14)12-6-4-7-13(19)9-12/h4,6-7,9,11H,2-3,5,8,10H2,1H3,(H,21,25)/t11-,18-/m1/s1. The van der Waals surface area contributed by atoms with Crippen molar-refractivity contribution in [1.29, 1.82) is 0 Å². The molecule has 3 amide bonds. The van der Waals surface area contributed by atoms with Gasteiger partial charge in [-0.1, -0.05) is 48.7 Å². The van der Waals surface area contributed by atoms with E-state index in [0.717, 1.165) is 19.3 Å². The second-order valence-electron chi connectivity index (χ2n) is 6.96. The summed E-state index contributed by atoms with van der Waals surface area (Å²) in [6, 6.07) is 6.69. The SMILES string of the molecule is C[C@@H]1CCCC[C@@]12NC(=O)N(Cc1nc(-c3cccc(Cl)c3)no1)C2=O. The second kappa shape index (κ2) is 6.39. The molecular weight excluding hydrogens is 356 g/mol. The lowest BCUT2D eigenvalue weighted by Gasteiger charge is -2.36. The van der Waals surface area contributed by atoms with Gasteiger partial charge in [0.15, 0.2) is 0 Å². The highest BCUT2D eigenvalue weighted by atomic mass is 35.5. The number of imide groups is 1. The number of nitrogens with one attached hydrogen (secondary N) is 1. The number of hydrogen-bond acceptors (Lipinski definition) is 5. The fourth-order valence-electron chi connectivity index (χ4n) is 3.84. The van der Waals surface area contributed by atoms with Gasteiger partial charge in [0.1, 0.15) is 12.1 Å². The van der Waals surface area contributed by atoms with E-state index in [1.807, 2.05) is 13.0 Å². The lowest BCUT2D eigenvalue weighted by molar-refractivity contribution is -0.134. The Morgan fingerprint density at radius 1 is 1.38 bits per heavy atom. The fraction of sp³-hybridized carbons (Fsp3) is 0.444. The predicted octanol–water partition coefficient (Wildman–Crippen LogP) is 3.39. The molecule has 2 heterocycles. The Balaban J connectivity index is 1.54. The monoisotopic (exact) mass is 374 g/mol. The zero-order chi connectivity index (χ0) is 18.3. The molecule has 1 saturated carbocycles. The molecule has 2 aliphatic rings. The molecule has 2 fully saturated rings. The third kappa shape index (κ3) is 2.76. The quantitative estimate of drug-likeness (QED) is 0.832. The van der Waals surface area contributed by atoms with Gasteiger partial charge >= 0.3 is 6.03 Å². The van der Waals surface area contributed by atoms with Crippen molar-refractivity contribution in [1.82, 2.24) is 20.4 Å². The van der Waals surface area contributed by atoms with Crippen LogP contribution in [-0.2, 0) is 11.3 Å². The van der Waals surface area contributed by atoms with Gasteiger partial charge in [-0.3, -0.25) is 9.69 Å². The minimum absolute atomic E-state index is 0.0350. The van der Waals surface area contributed by atoms with Crippen molar-refractivity contribution in [2.45, 2.75) is 44.7 Å². The van der Waals surface area contributed by atoms with Crippen LogP contribution in [0.5, 0.6) is 0 Å². The number of amides is 3. The van der Waals surface area contributed by atoms with Crippen molar-refractivity contribution in [3.63, 3.8) is 0 Å². The molecule has 2 atom stereocenters. The highest BCUT2D eigenvalue weighted by Crippen LogP contribution is 2.38. The second-order valence-corrected chi connectivity index (χ2v) is 7.40. The summed E-state index contributed by atoms with van der Waals surface area (Å²) in [4.78, 5) is 30.9. The van der Waals surface area contributed by atoms with Gasteiger partial charge in [0, 0.05) is 10.6 Å². The van der Waals surface area contributed by atoms with Crippen LogP contribution in [-0.4, -0.2) is 32.5 Å². The summed E-state index contributed by atoms with van der Waals surface area (Å²) in [6.45, 7) is 1.98. The van der Waals surface area contributed by atoms with Crippen LogP contribution in [0.3, 0.4) is 0 Å². The molecule has 0 unspecified atom stereocenters. The van der Waals surface area contributed by atoms with E-state index < -0.39 is 11.6 Å². The number of benzene rings is 1. The van der Waals surface area contributed by atoms with Gasteiger partial charge in [-0.25, -0.2) is 4.79 Å². The summed E-state index contributed by atoms with van der Waals surface area (Å²) >= 11 is 5.98. The Hall–Kier alpha value is -2.41. The number of carbonyl (C=O) groups is 2. The van der Waals surface area contributed by atoms with Crippen LogP contribution in [0, 0.1) is 5.92 Å². The van der Waals surface area contributed by atoms with Crippen LogP contribution in [0.2, 0.25) is 5.02 Å². The van der Waals surface area contributed by atoms with E-state index in [1.165, 1.54) is 4.90 Å². The Morgan fingerprint density at radius 3 is 3.00 bits per heavy atom. The zero-order valence-corrected chi connectivity index (χ0v) is 15.1. The first-order chi connectivity index (χ1) is 12.5. The molecular formula is C18H19ClN4O3. The molecule has 1 aromatic heterocycles. The molecule has 1 aliphatic heterocycles. The first-order valence-electron chi connectivity index (χ1n) is 8.72. The van der Waals surface area contributed by atoms with Crippen LogP contribution < -0.4 is 5.32 Å². The Bertz CT molecular complexity index is 868. The van der Waals surface area contributed by atoms with E-state index in [1.54, 1.807) is 18.2 Å². The van der Waals surface area contributed by atoms with Crippen molar-refractivity contribution >= 4 is 23.5 Å². The first kappa shape index (κ1) is 17.0. The van der Waals surface area contributed by atoms with Gasteiger partial charge in [-0.05, 0) is 30.9 Å². The lowest BCUT2D eigenvalue weighted by Crippen LogP contribution is -2.53. The van der Waals surface area contributed by atoms with E-state index in [0.29, 0.717) is 22.8 Å². The average molecular weight is 375 g/mol. The van der Waals surface area contributed by atoms with E-state index in [-0.39, 0.29) is 24.3 Å². The average Bonchev–Trinajstić information content (AvgIpc) is 3.18. The molecule has 1 aromatic carbocycles. The molecule has 1 N–H and O–H groups in total. The molecule has 2 aromatic rings. The molecule has 0 radical (unpaired) electrons. The molecule has 7 nitrogen and oxygen atoms in total. The molecule has 4 rings (SSSR count). The molecule has 8 heteroatoms. The minimum atomic E-state index is -0.787. The van der Waals surface area contributed by atoms with Crippen LogP contribution >= 0.6 is 11.6 Å². The molecule has 136 valence electrons. The lowest BCUT2D eigenvalue weighted by atomic mass is 9.73. The number of carbonyl (C=O) groups excluding carboxylic acids is 2. The largest absolute Gasteiger partial charge is 0.337 e. The third-order valence-corrected chi connectivity index (χ3v) is 5.58. The van der Waals surface area contributed by atoms with E-state index in [2.05, 4.69) is 15.5 Å². The number of aromatic nitrogens is 2. The summed E-state index contributed by atoms with van der Waals surface area (Å²) in [5.74, 6) is 0.499. The fourth-order valence-corrected chi connectivity index (χ4v) is 4.03. The summed E-state index contributed by atoms with van der Waals surface area (Å²) in [6.07, 6.45) is 3.62. The van der Waals surface area contributed by atoms with Gasteiger partial charge < -0.3 is 9.84 Å². The van der Waals surface area contributed by atoms with Gasteiger partial charge in [-0.2, -0.15) is 4.98 Å². The van der Waals surface area contributed by atoms with Crippen molar-refractivity contribution in [2.24, 2.45) is 5.92 Å². The van der Waals surface area contributed by atoms with Gasteiger partial charge in [-0.15, -0.1) is 0 Å². The van der Waals surface area contributed by atoms with E-state index in [4.69, 9.17) is 16.1 Å². The van der Waals surface area contributed by atoms with Gasteiger partial charge in [0.2, 0.25) is 11.7 Å². The van der Waals surface area contributed by atoms with Gasteiger partial charge in [0.25, 0.3) is 5.91 Å². The smallest absolute Gasteiger partial charge is 0.325 e. The van der Waals surface area contributed by atoms with Crippen molar-refractivity contribution < 1.29 is 14.1 Å². The topological polar surface area (TPSA) is 88.3 Å². The Labute approximate surface area is 155 Å². The van der Waals surface area contributed by atoms with Crippen molar-refractivity contribution in [3.8, 4) is 11.4 Å². The molecule has 1 spiro atoms. The third-order valence-electron chi connectivity index (χ3n) is 5.35. The number of nitrogens with zero attached hydrogens (tertiary/aromatic N) is 3. The Morgan fingerprint density at radius 2 is 2.23 bits per heavy atom. The summed E-state index contributed by atoms with van der Waals surface area (Å²) in [5.41, 5.74) is -0.0763. The maximum Gasteiger partial charge on any atom is 0.325 e. The zero-order valence-electron chi connectivity index (χ0n) is 14.4. The van der Waals surface area contributed by atoms with Crippen LogP contribution in [0.25, 0.3) is 11.4 Å².